The first-order chi connectivity index (χ1) is 12.2. The van der Waals surface area contributed by atoms with E-state index in [0.717, 1.165) is 23.6 Å². The Bertz CT molecular complexity index is 701. The van der Waals surface area contributed by atoms with Crippen molar-refractivity contribution >= 4 is 17.3 Å². The third-order valence-corrected chi connectivity index (χ3v) is 3.25. The Morgan fingerprint density at radius 2 is 1.76 bits per heavy atom. The van der Waals surface area contributed by atoms with E-state index in [9.17, 15) is 4.79 Å². The van der Waals surface area contributed by atoms with Crippen molar-refractivity contribution in [3.8, 4) is 11.5 Å². The molecule has 2 aromatic rings. The summed E-state index contributed by atoms with van der Waals surface area (Å²) >= 11 is 0. The molecular formula is C20H24N2O3. The standard InChI is InChI=1S/C20H24N2O3/c1-3-11-24-18-9-5-7-16(13-18)21-15-20(23)22-17-8-6-10-19(14-17)25-12-4-2/h3,5-10,13-14,21H,1,4,11-12,15H2,2H3,(H,22,23). The third-order valence-electron chi connectivity index (χ3n) is 3.25. The fourth-order valence-corrected chi connectivity index (χ4v) is 2.12. The molecular weight excluding hydrogens is 316 g/mol. The van der Waals surface area contributed by atoms with Gasteiger partial charge in [0.2, 0.25) is 5.91 Å². The van der Waals surface area contributed by atoms with Crippen molar-refractivity contribution in [2.45, 2.75) is 13.3 Å². The predicted octanol–water partition coefficient (Wildman–Crippen LogP) is 4.09. The minimum Gasteiger partial charge on any atom is -0.494 e. The van der Waals surface area contributed by atoms with Gasteiger partial charge in [-0.05, 0) is 30.7 Å². The highest BCUT2D eigenvalue weighted by Crippen LogP contribution is 2.19. The van der Waals surface area contributed by atoms with Crippen LogP contribution in [0.3, 0.4) is 0 Å². The molecule has 2 N–H and O–H groups in total. The van der Waals surface area contributed by atoms with E-state index >= 15 is 0 Å². The van der Waals surface area contributed by atoms with Crippen LogP contribution in [0.2, 0.25) is 0 Å². The van der Waals surface area contributed by atoms with Crippen molar-refractivity contribution in [2.75, 3.05) is 30.4 Å². The number of benzene rings is 2. The van der Waals surface area contributed by atoms with E-state index in [0.29, 0.717) is 18.9 Å². The topological polar surface area (TPSA) is 59.6 Å². The lowest BCUT2D eigenvalue weighted by Crippen LogP contribution is -2.21. The summed E-state index contributed by atoms with van der Waals surface area (Å²) in [6.45, 7) is 6.93. The zero-order chi connectivity index (χ0) is 17.9. The van der Waals surface area contributed by atoms with Gasteiger partial charge in [0, 0.05) is 23.5 Å². The summed E-state index contributed by atoms with van der Waals surface area (Å²) < 4.78 is 11.0. The van der Waals surface area contributed by atoms with Crippen LogP contribution in [-0.2, 0) is 4.79 Å². The van der Waals surface area contributed by atoms with Crippen LogP contribution in [0.4, 0.5) is 11.4 Å². The molecule has 0 saturated heterocycles. The van der Waals surface area contributed by atoms with Gasteiger partial charge in [-0.2, -0.15) is 0 Å². The summed E-state index contributed by atoms with van der Waals surface area (Å²) in [5.41, 5.74) is 1.53. The zero-order valence-electron chi connectivity index (χ0n) is 14.5. The molecule has 0 spiro atoms. The lowest BCUT2D eigenvalue weighted by molar-refractivity contribution is -0.114. The second kappa shape index (κ2) is 10.0. The number of hydrogen-bond donors (Lipinski definition) is 2. The van der Waals surface area contributed by atoms with Gasteiger partial charge in [0.15, 0.2) is 0 Å². The van der Waals surface area contributed by atoms with Crippen molar-refractivity contribution in [3.05, 3.63) is 61.2 Å². The van der Waals surface area contributed by atoms with Gasteiger partial charge in [0.05, 0.1) is 13.2 Å². The normalized spacial score (nSPS) is 9.96. The molecule has 132 valence electrons. The molecule has 0 bridgehead atoms. The average molecular weight is 340 g/mol. The number of nitrogens with one attached hydrogen (secondary N) is 2. The molecule has 1 amide bonds. The highest BCUT2D eigenvalue weighted by Gasteiger charge is 2.04. The molecule has 0 heterocycles. The van der Waals surface area contributed by atoms with Crippen molar-refractivity contribution in [1.82, 2.24) is 0 Å². The van der Waals surface area contributed by atoms with Crippen LogP contribution >= 0.6 is 0 Å². The number of hydrogen-bond acceptors (Lipinski definition) is 4. The first kappa shape index (κ1) is 18.4. The van der Waals surface area contributed by atoms with Crippen LogP contribution in [0.1, 0.15) is 13.3 Å². The molecule has 0 atom stereocenters. The van der Waals surface area contributed by atoms with E-state index < -0.39 is 0 Å². The van der Waals surface area contributed by atoms with Crippen molar-refractivity contribution in [2.24, 2.45) is 0 Å². The van der Waals surface area contributed by atoms with E-state index in [-0.39, 0.29) is 12.5 Å². The van der Waals surface area contributed by atoms with Gasteiger partial charge < -0.3 is 20.1 Å². The number of anilines is 2. The largest absolute Gasteiger partial charge is 0.494 e. The van der Waals surface area contributed by atoms with Gasteiger partial charge in [0.1, 0.15) is 18.1 Å². The van der Waals surface area contributed by atoms with Gasteiger partial charge in [-0.15, -0.1) is 0 Å². The molecule has 0 aliphatic rings. The monoisotopic (exact) mass is 340 g/mol. The maximum Gasteiger partial charge on any atom is 0.243 e. The number of carbonyl (C=O) groups excluding carboxylic acids is 1. The Morgan fingerprint density at radius 3 is 2.48 bits per heavy atom. The van der Waals surface area contributed by atoms with Crippen LogP contribution in [0.15, 0.2) is 61.2 Å². The van der Waals surface area contributed by atoms with E-state index in [1.54, 1.807) is 6.08 Å². The number of rotatable bonds is 10. The SMILES string of the molecule is C=CCOc1cccc(NCC(=O)Nc2cccc(OCCC)c2)c1. The highest BCUT2D eigenvalue weighted by molar-refractivity contribution is 5.93. The van der Waals surface area contributed by atoms with Crippen LogP contribution in [0, 0.1) is 0 Å². The molecule has 5 heteroatoms. The van der Waals surface area contributed by atoms with Crippen LogP contribution in [0.5, 0.6) is 11.5 Å². The first-order valence-corrected chi connectivity index (χ1v) is 8.31. The van der Waals surface area contributed by atoms with Crippen molar-refractivity contribution in [1.29, 1.82) is 0 Å². The van der Waals surface area contributed by atoms with Gasteiger partial charge in [0.25, 0.3) is 0 Å². The quantitative estimate of drug-likeness (QED) is 0.640. The summed E-state index contributed by atoms with van der Waals surface area (Å²) in [4.78, 5) is 12.1. The molecule has 2 rings (SSSR count). The molecule has 0 aromatic heterocycles. The lowest BCUT2D eigenvalue weighted by atomic mass is 10.3. The minimum atomic E-state index is -0.134. The van der Waals surface area contributed by atoms with Crippen molar-refractivity contribution in [3.63, 3.8) is 0 Å². The minimum absolute atomic E-state index is 0.134. The Kier molecular flexibility index (Phi) is 7.38. The number of ether oxygens (including phenoxy) is 2. The molecule has 0 aliphatic carbocycles. The van der Waals surface area contributed by atoms with Gasteiger partial charge in [-0.3, -0.25) is 4.79 Å². The van der Waals surface area contributed by atoms with Gasteiger partial charge >= 0.3 is 0 Å². The molecule has 2 aromatic carbocycles. The van der Waals surface area contributed by atoms with Gasteiger partial charge in [-0.1, -0.05) is 31.7 Å². The molecule has 5 nitrogen and oxygen atoms in total. The van der Waals surface area contributed by atoms with Crippen LogP contribution in [0.25, 0.3) is 0 Å². The second-order valence-electron chi connectivity index (χ2n) is 5.41. The maximum absolute atomic E-state index is 12.1. The maximum atomic E-state index is 12.1. The molecule has 0 unspecified atom stereocenters. The average Bonchev–Trinajstić information content (AvgIpc) is 2.64. The van der Waals surface area contributed by atoms with E-state index in [4.69, 9.17) is 9.47 Å². The Labute approximate surface area is 148 Å². The smallest absolute Gasteiger partial charge is 0.243 e. The summed E-state index contributed by atoms with van der Waals surface area (Å²) in [7, 11) is 0. The molecule has 0 fully saturated rings. The van der Waals surface area contributed by atoms with Gasteiger partial charge in [-0.25, -0.2) is 0 Å². The number of amides is 1. The van der Waals surface area contributed by atoms with Crippen LogP contribution in [-0.4, -0.2) is 25.7 Å². The number of carbonyl (C=O) groups is 1. The van der Waals surface area contributed by atoms with E-state index in [1.807, 2.05) is 48.5 Å². The summed E-state index contributed by atoms with van der Waals surface area (Å²) in [5, 5.41) is 5.93. The fraction of sp³-hybridized carbons (Fsp3) is 0.250. The lowest BCUT2D eigenvalue weighted by Gasteiger charge is -2.11. The summed E-state index contributed by atoms with van der Waals surface area (Å²) in [5.74, 6) is 1.34. The van der Waals surface area contributed by atoms with Crippen LogP contribution < -0.4 is 20.1 Å². The molecule has 0 saturated carbocycles. The second-order valence-corrected chi connectivity index (χ2v) is 5.41. The van der Waals surface area contributed by atoms with E-state index in [1.165, 1.54) is 0 Å². The zero-order valence-corrected chi connectivity index (χ0v) is 14.5. The summed E-state index contributed by atoms with van der Waals surface area (Å²) in [6.07, 6.45) is 2.63. The van der Waals surface area contributed by atoms with E-state index in [2.05, 4.69) is 24.1 Å². The highest BCUT2D eigenvalue weighted by atomic mass is 16.5. The summed E-state index contributed by atoms with van der Waals surface area (Å²) in [6, 6.07) is 14.8. The third kappa shape index (κ3) is 6.59. The molecule has 0 radical (unpaired) electrons. The van der Waals surface area contributed by atoms with Crippen molar-refractivity contribution < 1.29 is 14.3 Å². The fourth-order valence-electron chi connectivity index (χ4n) is 2.12. The molecule has 25 heavy (non-hydrogen) atoms. The molecule has 0 aliphatic heterocycles. The predicted molar refractivity (Wildman–Crippen MR) is 101 cm³/mol. The Hall–Kier alpha value is -2.95. The Morgan fingerprint density at radius 1 is 1.08 bits per heavy atom. The first-order valence-electron chi connectivity index (χ1n) is 8.31. The Balaban J connectivity index is 1.85.